The van der Waals surface area contributed by atoms with Crippen LogP contribution in [0.1, 0.15) is 22.7 Å². The van der Waals surface area contributed by atoms with Crippen LogP contribution in [0.15, 0.2) is 53.1 Å². The predicted molar refractivity (Wildman–Crippen MR) is 96.4 cm³/mol. The zero-order valence-corrected chi connectivity index (χ0v) is 14.4. The predicted octanol–water partition coefficient (Wildman–Crippen LogP) is 2.92. The fourth-order valence-corrected chi connectivity index (χ4v) is 3.20. The van der Waals surface area contributed by atoms with Crippen LogP contribution in [0, 0.1) is 6.92 Å². The summed E-state index contributed by atoms with van der Waals surface area (Å²) in [4.78, 5) is 18.6. The van der Waals surface area contributed by atoms with E-state index in [1.165, 1.54) is 0 Å². The molecule has 3 aromatic rings. The van der Waals surface area contributed by atoms with Gasteiger partial charge in [-0.2, -0.15) is 4.98 Å². The maximum absolute atomic E-state index is 12.6. The molecule has 1 aromatic heterocycles. The first-order chi connectivity index (χ1) is 12.6. The molecule has 0 saturated carbocycles. The van der Waals surface area contributed by atoms with Crippen molar-refractivity contribution >= 4 is 5.91 Å². The average molecular weight is 349 g/mol. The van der Waals surface area contributed by atoms with Crippen molar-refractivity contribution in [1.29, 1.82) is 0 Å². The minimum Gasteiger partial charge on any atom is -0.391 e. The number of nitrogens with zero attached hydrogens (tertiary/aromatic N) is 3. The molecule has 1 atom stereocenters. The molecule has 1 aliphatic rings. The summed E-state index contributed by atoms with van der Waals surface area (Å²) in [6.07, 6.45) is 0.217. The molecule has 26 heavy (non-hydrogen) atoms. The van der Waals surface area contributed by atoms with E-state index in [2.05, 4.69) is 10.1 Å². The third kappa shape index (κ3) is 3.23. The number of hydrogen-bond acceptors (Lipinski definition) is 5. The van der Waals surface area contributed by atoms with Gasteiger partial charge in [0, 0.05) is 31.1 Å². The topological polar surface area (TPSA) is 79.5 Å². The van der Waals surface area contributed by atoms with Crippen LogP contribution in [0.25, 0.3) is 22.5 Å². The van der Waals surface area contributed by atoms with Crippen LogP contribution in [0.5, 0.6) is 0 Å². The molecule has 4 rings (SSSR count). The molecule has 1 aliphatic heterocycles. The Hall–Kier alpha value is -2.99. The Kier molecular flexibility index (Phi) is 4.26. The Morgan fingerprint density at radius 2 is 1.88 bits per heavy atom. The number of hydrogen-bond donors (Lipinski definition) is 1. The van der Waals surface area contributed by atoms with E-state index in [9.17, 15) is 9.90 Å². The molecule has 0 bridgehead atoms. The fourth-order valence-electron chi connectivity index (χ4n) is 3.20. The smallest absolute Gasteiger partial charge is 0.253 e. The molecule has 6 nitrogen and oxygen atoms in total. The van der Waals surface area contributed by atoms with Gasteiger partial charge in [0.2, 0.25) is 11.7 Å². The molecule has 1 amide bonds. The summed E-state index contributed by atoms with van der Waals surface area (Å²) < 4.78 is 5.05. The summed E-state index contributed by atoms with van der Waals surface area (Å²) in [6, 6.07) is 15.4. The number of aryl methyl sites for hydroxylation is 1. The van der Waals surface area contributed by atoms with Gasteiger partial charge >= 0.3 is 0 Å². The van der Waals surface area contributed by atoms with Crippen molar-refractivity contribution in [2.24, 2.45) is 0 Å². The average Bonchev–Trinajstić information content (AvgIpc) is 3.30. The lowest BCUT2D eigenvalue weighted by molar-refractivity contribution is 0.0765. The van der Waals surface area contributed by atoms with Crippen LogP contribution in [0.4, 0.5) is 0 Å². The Labute approximate surface area is 151 Å². The van der Waals surface area contributed by atoms with Gasteiger partial charge in [0.1, 0.15) is 0 Å². The van der Waals surface area contributed by atoms with E-state index in [-0.39, 0.29) is 5.91 Å². The molecule has 1 N–H and O–H groups in total. The van der Waals surface area contributed by atoms with Crippen LogP contribution in [-0.2, 0) is 0 Å². The summed E-state index contributed by atoms with van der Waals surface area (Å²) in [5, 5.41) is 13.6. The summed E-state index contributed by atoms with van der Waals surface area (Å²) in [6.45, 7) is 2.75. The highest BCUT2D eigenvalue weighted by atomic mass is 16.5. The van der Waals surface area contributed by atoms with E-state index in [0.717, 1.165) is 16.7 Å². The third-order valence-electron chi connectivity index (χ3n) is 4.54. The normalized spacial score (nSPS) is 16.8. The molecule has 0 unspecified atom stereocenters. The maximum atomic E-state index is 12.6. The summed E-state index contributed by atoms with van der Waals surface area (Å²) >= 11 is 0. The van der Waals surface area contributed by atoms with Crippen molar-refractivity contribution in [3.8, 4) is 22.5 Å². The van der Waals surface area contributed by atoms with E-state index in [4.69, 9.17) is 4.52 Å². The molecular weight excluding hydrogens is 330 g/mol. The summed E-state index contributed by atoms with van der Waals surface area (Å²) in [5.74, 6) is 1.02. The maximum Gasteiger partial charge on any atom is 0.253 e. The van der Waals surface area contributed by atoms with Crippen molar-refractivity contribution in [2.45, 2.75) is 19.4 Å². The highest BCUT2D eigenvalue weighted by Crippen LogP contribution is 2.26. The van der Waals surface area contributed by atoms with E-state index < -0.39 is 6.10 Å². The first-order valence-electron chi connectivity index (χ1n) is 8.59. The van der Waals surface area contributed by atoms with Gasteiger partial charge in [-0.15, -0.1) is 0 Å². The van der Waals surface area contributed by atoms with Crippen LogP contribution in [0.2, 0.25) is 0 Å². The number of carbonyl (C=O) groups excluding carboxylic acids is 1. The van der Waals surface area contributed by atoms with Gasteiger partial charge in [-0.3, -0.25) is 4.79 Å². The highest BCUT2D eigenvalue weighted by molar-refractivity contribution is 5.95. The van der Waals surface area contributed by atoms with Gasteiger partial charge in [-0.25, -0.2) is 0 Å². The zero-order chi connectivity index (χ0) is 18.1. The number of aliphatic hydroxyl groups excluding tert-OH is 1. The zero-order valence-electron chi connectivity index (χ0n) is 14.4. The van der Waals surface area contributed by atoms with Gasteiger partial charge in [0.15, 0.2) is 0 Å². The lowest BCUT2D eigenvalue weighted by Crippen LogP contribution is -2.29. The molecular formula is C20H19N3O3. The van der Waals surface area contributed by atoms with Crippen LogP contribution >= 0.6 is 0 Å². The van der Waals surface area contributed by atoms with Crippen molar-refractivity contribution in [1.82, 2.24) is 15.0 Å². The number of rotatable bonds is 3. The fraction of sp³-hybridized carbons (Fsp3) is 0.250. The largest absolute Gasteiger partial charge is 0.391 e. The SMILES string of the molecule is Cc1nc(-c2cccc(-c3cccc(C(=O)N4CC[C@@H](O)C4)c3)c2)no1. The molecule has 2 heterocycles. The second-order valence-electron chi connectivity index (χ2n) is 6.49. The van der Waals surface area contributed by atoms with Crippen LogP contribution < -0.4 is 0 Å². The molecule has 0 aliphatic carbocycles. The van der Waals surface area contributed by atoms with Gasteiger partial charge < -0.3 is 14.5 Å². The van der Waals surface area contributed by atoms with Crippen molar-refractivity contribution < 1.29 is 14.4 Å². The van der Waals surface area contributed by atoms with Crippen molar-refractivity contribution in [3.63, 3.8) is 0 Å². The van der Waals surface area contributed by atoms with E-state index in [1.54, 1.807) is 11.8 Å². The molecule has 6 heteroatoms. The Balaban J connectivity index is 1.63. The first kappa shape index (κ1) is 16.5. The van der Waals surface area contributed by atoms with E-state index in [1.807, 2.05) is 48.5 Å². The number of benzene rings is 2. The minimum atomic E-state index is -0.419. The van der Waals surface area contributed by atoms with Gasteiger partial charge in [0.25, 0.3) is 5.91 Å². The van der Waals surface area contributed by atoms with E-state index in [0.29, 0.717) is 36.8 Å². The molecule has 132 valence electrons. The van der Waals surface area contributed by atoms with Crippen LogP contribution in [0.3, 0.4) is 0 Å². The second kappa shape index (κ2) is 6.72. The molecule has 0 radical (unpaired) electrons. The number of aliphatic hydroxyl groups is 1. The first-order valence-corrected chi connectivity index (χ1v) is 8.59. The quantitative estimate of drug-likeness (QED) is 0.786. The Morgan fingerprint density at radius 3 is 2.58 bits per heavy atom. The van der Waals surface area contributed by atoms with E-state index >= 15 is 0 Å². The molecule has 1 fully saturated rings. The number of likely N-dealkylation sites (tertiary alicyclic amines) is 1. The monoisotopic (exact) mass is 349 g/mol. The van der Waals surface area contributed by atoms with Crippen molar-refractivity contribution in [2.75, 3.05) is 13.1 Å². The Morgan fingerprint density at radius 1 is 1.15 bits per heavy atom. The van der Waals surface area contributed by atoms with Gasteiger partial charge in [0.05, 0.1) is 6.10 Å². The molecule has 1 saturated heterocycles. The standard InChI is InChI=1S/C20H19N3O3/c1-13-21-19(22-26-13)16-6-2-4-14(10-16)15-5-3-7-17(11-15)20(25)23-9-8-18(24)12-23/h2-7,10-11,18,24H,8-9,12H2,1H3/t18-/m1/s1. The van der Waals surface area contributed by atoms with Crippen molar-refractivity contribution in [3.05, 3.63) is 60.0 Å². The number of carbonyl (C=O) groups is 1. The van der Waals surface area contributed by atoms with Gasteiger partial charge in [-0.1, -0.05) is 35.5 Å². The third-order valence-corrected chi connectivity index (χ3v) is 4.54. The lowest BCUT2D eigenvalue weighted by atomic mass is 10.0. The minimum absolute atomic E-state index is 0.0478. The summed E-state index contributed by atoms with van der Waals surface area (Å²) in [7, 11) is 0. The number of β-amino-alcohol motifs (C(OH)–C–C–N with tert-alkyl or cyclic N) is 1. The molecule has 2 aromatic carbocycles. The lowest BCUT2D eigenvalue weighted by Gasteiger charge is -2.16. The van der Waals surface area contributed by atoms with Gasteiger partial charge in [-0.05, 0) is 35.7 Å². The number of aromatic nitrogens is 2. The highest BCUT2D eigenvalue weighted by Gasteiger charge is 2.25. The Bertz CT molecular complexity index is 951. The molecule has 0 spiro atoms. The number of amides is 1. The van der Waals surface area contributed by atoms with Crippen LogP contribution in [-0.4, -0.2) is 45.2 Å². The summed E-state index contributed by atoms with van der Waals surface area (Å²) in [5.41, 5.74) is 3.40. The second-order valence-corrected chi connectivity index (χ2v) is 6.49.